The van der Waals surface area contributed by atoms with Gasteiger partial charge in [-0.25, -0.2) is 0 Å². The first kappa shape index (κ1) is 19.1. The van der Waals surface area contributed by atoms with Crippen molar-refractivity contribution < 1.29 is 30.6 Å². The molecule has 0 aromatic rings. The largest absolute Gasteiger partial charge is 0.392 e. The molecule has 1 spiro atoms. The van der Waals surface area contributed by atoms with Crippen LogP contribution in [0.5, 0.6) is 0 Å². The number of aliphatic hydroxyl groups is 6. The molecule has 0 amide bonds. The third-order valence-corrected chi connectivity index (χ3v) is 9.26. The number of hydrogen-bond acceptors (Lipinski definition) is 6. The SMILES string of the molecule is CC1(C)[C@@H](O)C[C@H]2[C@](C)(O)[C@@H]3CCC4C(O)[C@@]3(C[C@@H](O)[C@@]21O)C[C@@]4(C)O. The van der Waals surface area contributed by atoms with E-state index in [-0.39, 0.29) is 24.7 Å². The predicted octanol–water partition coefficient (Wildman–Crippen LogP) is 0.168. The summed E-state index contributed by atoms with van der Waals surface area (Å²) in [4.78, 5) is 0. The van der Waals surface area contributed by atoms with Crippen molar-refractivity contribution in [1.29, 1.82) is 0 Å². The maximum atomic E-state index is 11.7. The number of hydrogen-bond donors (Lipinski definition) is 6. The highest BCUT2D eigenvalue weighted by atomic mass is 16.4. The predicted molar refractivity (Wildman–Crippen MR) is 94.0 cm³/mol. The topological polar surface area (TPSA) is 121 Å². The maximum Gasteiger partial charge on any atom is 0.104 e. The first-order valence-corrected chi connectivity index (χ1v) is 9.94. The fraction of sp³-hybridized carbons (Fsp3) is 1.00. The summed E-state index contributed by atoms with van der Waals surface area (Å²) in [7, 11) is 0. The van der Waals surface area contributed by atoms with E-state index in [9.17, 15) is 30.6 Å². The zero-order valence-electron chi connectivity index (χ0n) is 16.2. The van der Waals surface area contributed by atoms with Crippen LogP contribution < -0.4 is 0 Å². The molecule has 26 heavy (non-hydrogen) atoms. The first-order valence-electron chi connectivity index (χ1n) is 9.94. The third kappa shape index (κ3) is 1.89. The second-order valence-corrected chi connectivity index (χ2v) is 10.7. The van der Waals surface area contributed by atoms with Gasteiger partial charge < -0.3 is 30.6 Å². The zero-order valence-corrected chi connectivity index (χ0v) is 16.2. The monoisotopic (exact) mass is 370 g/mol. The van der Waals surface area contributed by atoms with Gasteiger partial charge in [-0.2, -0.15) is 0 Å². The van der Waals surface area contributed by atoms with E-state index < -0.39 is 51.9 Å². The standard InChI is InChI=1S/C20H34O6/c1-16(2)13(21)7-12-18(4,25)11-6-5-10-15(23)19(11,9-17(10,3)24)8-14(22)20(12,16)26/h10-15,21-26H,5-9H2,1-4H3/t10?,11-,12-,13-,14+,15?,17+,18+,19-,20-/m0/s1. The minimum atomic E-state index is -1.66. The molecule has 4 aliphatic rings. The molecule has 6 heteroatoms. The van der Waals surface area contributed by atoms with Gasteiger partial charge in [0.2, 0.25) is 0 Å². The number of aliphatic hydroxyl groups excluding tert-OH is 3. The van der Waals surface area contributed by atoms with Crippen LogP contribution in [0, 0.1) is 28.6 Å². The normalized spacial score (nSPS) is 63.9. The molecular weight excluding hydrogens is 336 g/mol. The quantitative estimate of drug-likeness (QED) is 0.361. The van der Waals surface area contributed by atoms with Crippen molar-refractivity contribution in [3.63, 3.8) is 0 Å². The molecule has 2 unspecified atom stereocenters. The number of rotatable bonds is 0. The molecule has 6 N–H and O–H groups in total. The molecule has 150 valence electrons. The lowest BCUT2D eigenvalue weighted by molar-refractivity contribution is -0.201. The Morgan fingerprint density at radius 3 is 2.04 bits per heavy atom. The van der Waals surface area contributed by atoms with Crippen LogP contribution in [-0.4, -0.2) is 65.8 Å². The van der Waals surface area contributed by atoms with E-state index in [0.29, 0.717) is 19.3 Å². The minimum Gasteiger partial charge on any atom is -0.392 e. The Hall–Kier alpha value is -0.240. The summed E-state index contributed by atoms with van der Waals surface area (Å²) in [5.41, 5.74) is -5.91. The smallest absolute Gasteiger partial charge is 0.104 e. The van der Waals surface area contributed by atoms with Crippen LogP contribution in [-0.2, 0) is 0 Å². The highest BCUT2D eigenvalue weighted by Gasteiger charge is 2.76. The molecule has 0 aromatic heterocycles. The Morgan fingerprint density at radius 1 is 0.808 bits per heavy atom. The van der Waals surface area contributed by atoms with Gasteiger partial charge in [0, 0.05) is 22.7 Å². The van der Waals surface area contributed by atoms with E-state index in [4.69, 9.17) is 0 Å². The molecule has 4 saturated carbocycles. The van der Waals surface area contributed by atoms with Gasteiger partial charge in [-0.05, 0) is 51.9 Å². The van der Waals surface area contributed by atoms with Crippen molar-refractivity contribution in [2.45, 2.75) is 94.9 Å². The van der Waals surface area contributed by atoms with Crippen molar-refractivity contribution in [2.24, 2.45) is 28.6 Å². The van der Waals surface area contributed by atoms with E-state index in [1.54, 1.807) is 27.7 Å². The molecule has 4 fully saturated rings. The van der Waals surface area contributed by atoms with Crippen molar-refractivity contribution >= 4 is 0 Å². The first-order chi connectivity index (χ1) is 11.7. The van der Waals surface area contributed by atoms with Crippen molar-refractivity contribution in [3.8, 4) is 0 Å². The van der Waals surface area contributed by atoms with Crippen LogP contribution in [0.2, 0.25) is 0 Å². The van der Waals surface area contributed by atoms with Crippen LogP contribution in [0.15, 0.2) is 0 Å². The molecule has 0 aromatic carbocycles. The number of fused-ring (bicyclic) bond motifs is 2. The lowest BCUT2D eigenvalue weighted by Gasteiger charge is -2.51. The van der Waals surface area contributed by atoms with Gasteiger partial charge in [0.25, 0.3) is 0 Å². The molecule has 6 nitrogen and oxygen atoms in total. The van der Waals surface area contributed by atoms with E-state index in [0.717, 1.165) is 0 Å². The van der Waals surface area contributed by atoms with E-state index in [1.807, 2.05) is 0 Å². The van der Waals surface area contributed by atoms with Crippen LogP contribution >= 0.6 is 0 Å². The summed E-state index contributed by atoms with van der Waals surface area (Å²) in [5, 5.41) is 67.1. The molecule has 0 aliphatic heterocycles. The summed E-state index contributed by atoms with van der Waals surface area (Å²) in [6.07, 6.45) is -1.01. The summed E-state index contributed by atoms with van der Waals surface area (Å²) < 4.78 is 0. The summed E-state index contributed by atoms with van der Waals surface area (Å²) in [6, 6.07) is 0. The van der Waals surface area contributed by atoms with Crippen molar-refractivity contribution in [3.05, 3.63) is 0 Å². The van der Waals surface area contributed by atoms with Gasteiger partial charge in [-0.15, -0.1) is 0 Å². The fourth-order valence-electron chi connectivity index (χ4n) is 7.80. The summed E-state index contributed by atoms with van der Waals surface area (Å²) in [6.45, 7) is 6.87. The van der Waals surface area contributed by atoms with Crippen LogP contribution in [0.4, 0.5) is 0 Å². The Balaban J connectivity index is 1.89. The lowest BCUT2D eigenvalue weighted by atomic mass is 9.57. The van der Waals surface area contributed by atoms with E-state index in [1.165, 1.54) is 0 Å². The van der Waals surface area contributed by atoms with Crippen molar-refractivity contribution in [2.75, 3.05) is 0 Å². The molecule has 4 aliphatic carbocycles. The second kappa shape index (κ2) is 5.02. The van der Waals surface area contributed by atoms with Gasteiger partial charge in [-0.3, -0.25) is 0 Å². The third-order valence-electron chi connectivity index (χ3n) is 9.26. The highest BCUT2D eigenvalue weighted by molar-refractivity contribution is 5.25. The molecule has 0 radical (unpaired) electrons. The average Bonchev–Trinajstić information content (AvgIpc) is 2.72. The van der Waals surface area contributed by atoms with Crippen LogP contribution in [0.25, 0.3) is 0 Å². The Labute approximate surface area is 154 Å². The van der Waals surface area contributed by atoms with Gasteiger partial charge in [-0.1, -0.05) is 13.8 Å². The second-order valence-electron chi connectivity index (χ2n) is 10.7. The molecule has 0 heterocycles. The summed E-state index contributed by atoms with van der Waals surface area (Å²) >= 11 is 0. The molecule has 0 saturated heterocycles. The average molecular weight is 370 g/mol. The minimum absolute atomic E-state index is 0.116. The van der Waals surface area contributed by atoms with Crippen LogP contribution in [0.3, 0.4) is 0 Å². The van der Waals surface area contributed by atoms with Gasteiger partial charge >= 0.3 is 0 Å². The highest BCUT2D eigenvalue weighted by Crippen LogP contribution is 2.69. The van der Waals surface area contributed by atoms with Crippen LogP contribution in [0.1, 0.15) is 59.8 Å². The molecular formula is C20H34O6. The maximum absolute atomic E-state index is 11.7. The van der Waals surface area contributed by atoms with E-state index >= 15 is 0 Å². The van der Waals surface area contributed by atoms with Gasteiger partial charge in [0.05, 0.1) is 29.5 Å². The Kier molecular flexibility index (Phi) is 3.69. The van der Waals surface area contributed by atoms with E-state index in [2.05, 4.69) is 0 Å². The van der Waals surface area contributed by atoms with Crippen molar-refractivity contribution in [1.82, 2.24) is 0 Å². The molecule has 4 rings (SSSR count). The Bertz CT molecular complexity index is 615. The molecule has 2 bridgehead atoms. The van der Waals surface area contributed by atoms with Gasteiger partial charge in [0.15, 0.2) is 0 Å². The molecule has 10 atom stereocenters. The zero-order chi connectivity index (χ0) is 19.5. The summed E-state index contributed by atoms with van der Waals surface area (Å²) in [5.74, 6) is -1.34. The van der Waals surface area contributed by atoms with Gasteiger partial charge in [0.1, 0.15) is 5.60 Å². The lowest BCUT2D eigenvalue weighted by Crippen LogP contribution is -2.60. The fourth-order valence-corrected chi connectivity index (χ4v) is 7.80. The Morgan fingerprint density at radius 2 is 1.42 bits per heavy atom.